The van der Waals surface area contributed by atoms with E-state index in [1.807, 2.05) is 6.07 Å². The number of carbonyl (C=O) groups is 2. The SMILES string of the molecule is N#CCNC(=O)C(=O)NCCc1cccnc1. The molecule has 0 spiro atoms. The van der Waals surface area contributed by atoms with Crippen molar-refractivity contribution in [2.75, 3.05) is 13.1 Å². The summed E-state index contributed by atoms with van der Waals surface area (Å²) in [5, 5.41) is 12.8. The molecule has 0 radical (unpaired) electrons. The van der Waals surface area contributed by atoms with Crippen LogP contribution >= 0.6 is 0 Å². The van der Waals surface area contributed by atoms with Gasteiger partial charge in [-0.25, -0.2) is 0 Å². The summed E-state index contributed by atoms with van der Waals surface area (Å²) >= 11 is 0. The van der Waals surface area contributed by atoms with Gasteiger partial charge in [0.15, 0.2) is 0 Å². The minimum atomic E-state index is -0.794. The van der Waals surface area contributed by atoms with Gasteiger partial charge < -0.3 is 10.6 Å². The Labute approximate surface area is 98.7 Å². The molecule has 0 aliphatic rings. The molecule has 17 heavy (non-hydrogen) atoms. The maximum atomic E-state index is 11.2. The molecule has 0 aliphatic carbocycles. The van der Waals surface area contributed by atoms with Crippen LogP contribution in [0.1, 0.15) is 5.56 Å². The van der Waals surface area contributed by atoms with Crippen LogP contribution in [0.5, 0.6) is 0 Å². The smallest absolute Gasteiger partial charge is 0.310 e. The highest BCUT2D eigenvalue weighted by Gasteiger charge is 2.11. The Morgan fingerprint density at radius 2 is 2.12 bits per heavy atom. The molecule has 1 heterocycles. The van der Waals surface area contributed by atoms with Gasteiger partial charge in [-0.2, -0.15) is 5.26 Å². The highest BCUT2D eigenvalue weighted by Crippen LogP contribution is 1.95. The van der Waals surface area contributed by atoms with Crippen LogP contribution in [-0.2, 0) is 16.0 Å². The Hall–Kier alpha value is -2.42. The molecule has 88 valence electrons. The van der Waals surface area contributed by atoms with Crippen molar-refractivity contribution in [3.63, 3.8) is 0 Å². The molecule has 0 aromatic carbocycles. The van der Waals surface area contributed by atoms with Crippen molar-refractivity contribution in [1.29, 1.82) is 5.26 Å². The number of aromatic nitrogens is 1. The van der Waals surface area contributed by atoms with E-state index < -0.39 is 11.8 Å². The largest absolute Gasteiger partial charge is 0.348 e. The van der Waals surface area contributed by atoms with Gasteiger partial charge in [-0.05, 0) is 18.1 Å². The molecule has 0 fully saturated rings. The fraction of sp³-hybridized carbons (Fsp3) is 0.273. The molecule has 1 aromatic heterocycles. The molecule has 0 aliphatic heterocycles. The van der Waals surface area contributed by atoms with Crippen LogP contribution in [0.15, 0.2) is 24.5 Å². The van der Waals surface area contributed by atoms with E-state index in [1.54, 1.807) is 24.5 Å². The van der Waals surface area contributed by atoms with Gasteiger partial charge in [-0.3, -0.25) is 14.6 Å². The number of amides is 2. The van der Waals surface area contributed by atoms with Gasteiger partial charge in [0.1, 0.15) is 6.54 Å². The maximum absolute atomic E-state index is 11.2. The van der Waals surface area contributed by atoms with E-state index in [0.717, 1.165) is 5.56 Å². The zero-order chi connectivity index (χ0) is 12.5. The zero-order valence-corrected chi connectivity index (χ0v) is 9.14. The third-order valence-electron chi connectivity index (χ3n) is 1.96. The summed E-state index contributed by atoms with van der Waals surface area (Å²) in [4.78, 5) is 26.2. The predicted octanol–water partition coefficient (Wildman–Crippen LogP) is -0.620. The van der Waals surface area contributed by atoms with Crippen molar-refractivity contribution >= 4 is 11.8 Å². The van der Waals surface area contributed by atoms with Gasteiger partial charge in [0, 0.05) is 18.9 Å². The average Bonchev–Trinajstić information content (AvgIpc) is 2.37. The van der Waals surface area contributed by atoms with E-state index in [9.17, 15) is 9.59 Å². The van der Waals surface area contributed by atoms with Crippen LogP contribution in [-0.4, -0.2) is 29.9 Å². The first-order valence-electron chi connectivity index (χ1n) is 5.06. The number of rotatable bonds is 4. The van der Waals surface area contributed by atoms with Crippen molar-refractivity contribution in [2.24, 2.45) is 0 Å². The van der Waals surface area contributed by atoms with Crippen LogP contribution in [0.25, 0.3) is 0 Å². The lowest BCUT2D eigenvalue weighted by molar-refractivity contribution is -0.139. The van der Waals surface area contributed by atoms with E-state index in [1.165, 1.54) is 0 Å². The summed E-state index contributed by atoms with van der Waals surface area (Å²) in [5.74, 6) is -1.53. The zero-order valence-electron chi connectivity index (χ0n) is 9.14. The molecule has 0 atom stereocenters. The van der Waals surface area contributed by atoms with Crippen LogP contribution in [0.2, 0.25) is 0 Å². The highest BCUT2D eigenvalue weighted by atomic mass is 16.2. The summed E-state index contributed by atoms with van der Waals surface area (Å²) in [6.07, 6.45) is 3.96. The molecule has 0 saturated carbocycles. The van der Waals surface area contributed by atoms with E-state index in [4.69, 9.17) is 5.26 Å². The molecule has 0 unspecified atom stereocenters. The lowest BCUT2D eigenvalue weighted by atomic mass is 10.2. The Bertz CT molecular complexity index is 425. The van der Waals surface area contributed by atoms with Crippen molar-refractivity contribution in [1.82, 2.24) is 15.6 Å². The highest BCUT2D eigenvalue weighted by molar-refractivity contribution is 6.35. The minimum Gasteiger partial charge on any atom is -0.348 e. The number of hydrogen-bond donors (Lipinski definition) is 2. The first-order chi connectivity index (χ1) is 8.24. The maximum Gasteiger partial charge on any atom is 0.310 e. The van der Waals surface area contributed by atoms with Crippen LogP contribution in [0, 0.1) is 11.3 Å². The molecule has 6 nitrogen and oxygen atoms in total. The molecular formula is C11H12N4O2. The lowest BCUT2D eigenvalue weighted by Gasteiger charge is -2.04. The second-order valence-corrected chi connectivity index (χ2v) is 3.21. The van der Waals surface area contributed by atoms with Gasteiger partial charge in [0.05, 0.1) is 6.07 Å². The normalized spacial score (nSPS) is 9.12. The van der Waals surface area contributed by atoms with Crippen LogP contribution in [0.4, 0.5) is 0 Å². The van der Waals surface area contributed by atoms with Crippen LogP contribution < -0.4 is 10.6 Å². The molecule has 1 aromatic rings. The van der Waals surface area contributed by atoms with Gasteiger partial charge >= 0.3 is 11.8 Å². The molecule has 6 heteroatoms. The summed E-state index contributed by atoms with van der Waals surface area (Å²) in [6, 6.07) is 5.40. The van der Waals surface area contributed by atoms with Crippen molar-refractivity contribution in [3.05, 3.63) is 30.1 Å². The number of nitrogens with zero attached hydrogens (tertiary/aromatic N) is 2. The Kier molecular flexibility index (Phi) is 5.17. The average molecular weight is 232 g/mol. The number of nitrogens with one attached hydrogen (secondary N) is 2. The first kappa shape index (κ1) is 12.6. The van der Waals surface area contributed by atoms with Gasteiger partial charge in [0.2, 0.25) is 0 Å². The first-order valence-corrected chi connectivity index (χ1v) is 5.06. The van der Waals surface area contributed by atoms with Crippen molar-refractivity contribution in [3.8, 4) is 6.07 Å². The lowest BCUT2D eigenvalue weighted by Crippen LogP contribution is -2.40. The third kappa shape index (κ3) is 4.75. The number of nitriles is 1. The summed E-state index contributed by atoms with van der Waals surface area (Å²) < 4.78 is 0. The summed E-state index contributed by atoms with van der Waals surface area (Å²) in [5.41, 5.74) is 0.977. The van der Waals surface area contributed by atoms with E-state index >= 15 is 0 Å². The monoisotopic (exact) mass is 232 g/mol. The fourth-order valence-corrected chi connectivity index (χ4v) is 1.15. The number of carbonyl (C=O) groups excluding carboxylic acids is 2. The topological polar surface area (TPSA) is 94.9 Å². The Morgan fingerprint density at radius 1 is 1.35 bits per heavy atom. The molecule has 1 rings (SSSR count). The third-order valence-corrected chi connectivity index (χ3v) is 1.96. The van der Waals surface area contributed by atoms with E-state index in [0.29, 0.717) is 13.0 Å². The van der Waals surface area contributed by atoms with E-state index in [2.05, 4.69) is 15.6 Å². The number of pyridine rings is 1. The molecule has 0 bridgehead atoms. The second-order valence-electron chi connectivity index (χ2n) is 3.21. The summed E-state index contributed by atoms with van der Waals surface area (Å²) in [6.45, 7) is 0.180. The fourth-order valence-electron chi connectivity index (χ4n) is 1.15. The van der Waals surface area contributed by atoms with Gasteiger partial charge in [0.25, 0.3) is 0 Å². The van der Waals surface area contributed by atoms with Crippen molar-refractivity contribution in [2.45, 2.75) is 6.42 Å². The second kappa shape index (κ2) is 6.95. The van der Waals surface area contributed by atoms with Gasteiger partial charge in [-0.15, -0.1) is 0 Å². The quantitative estimate of drug-likeness (QED) is 0.534. The Balaban J connectivity index is 2.25. The minimum absolute atomic E-state index is 0.172. The standard InChI is InChI=1S/C11H12N4O2/c12-4-7-15-11(17)10(16)14-6-3-9-2-1-5-13-8-9/h1-2,5,8H,3,6-7H2,(H,14,16)(H,15,17). The van der Waals surface area contributed by atoms with Crippen LogP contribution in [0.3, 0.4) is 0 Å². The van der Waals surface area contributed by atoms with Gasteiger partial charge in [-0.1, -0.05) is 6.07 Å². The molecule has 2 N–H and O–H groups in total. The molecule has 0 saturated heterocycles. The number of hydrogen-bond acceptors (Lipinski definition) is 4. The predicted molar refractivity (Wildman–Crippen MR) is 59.6 cm³/mol. The molecule has 2 amide bonds. The molecular weight excluding hydrogens is 220 g/mol. The summed E-state index contributed by atoms with van der Waals surface area (Å²) in [7, 11) is 0. The van der Waals surface area contributed by atoms with E-state index in [-0.39, 0.29) is 6.54 Å². The Morgan fingerprint density at radius 3 is 2.76 bits per heavy atom. The van der Waals surface area contributed by atoms with Crippen molar-refractivity contribution < 1.29 is 9.59 Å².